The standard InChI is InChI=1S/C18H24N2O3/c1-9-13(11(3)21)10(2)19-14(9)17(22)20-15-12-5-8-23-16(12)18(15)6-4-7-18/h12,15-16,19H,4-8H2,1-3H3,(H,20,22)/t12-,15+,16+/m0/s1. The number of carbonyl (C=O) groups is 2. The average Bonchev–Trinajstić information content (AvgIpc) is 2.97. The Morgan fingerprint density at radius 3 is 2.61 bits per heavy atom. The molecular weight excluding hydrogens is 292 g/mol. The maximum atomic E-state index is 12.8. The van der Waals surface area contributed by atoms with E-state index < -0.39 is 0 Å². The molecule has 5 nitrogen and oxygen atoms in total. The lowest BCUT2D eigenvalue weighted by molar-refractivity contribution is -0.172. The molecule has 2 saturated carbocycles. The molecule has 1 saturated heterocycles. The van der Waals surface area contributed by atoms with Crippen LogP contribution in [0.5, 0.6) is 0 Å². The first kappa shape index (κ1) is 14.9. The van der Waals surface area contributed by atoms with Gasteiger partial charge < -0.3 is 15.0 Å². The Balaban J connectivity index is 1.57. The van der Waals surface area contributed by atoms with Crippen LogP contribution in [-0.4, -0.2) is 35.4 Å². The molecule has 0 unspecified atom stereocenters. The number of H-pyrrole nitrogens is 1. The van der Waals surface area contributed by atoms with Gasteiger partial charge in [-0.2, -0.15) is 0 Å². The zero-order valence-electron chi connectivity index (χ0n) is 14.0. The highest BCUT2D eigenvalue weighted by Gasteiger charge is 2.67. The number of aromatic nitrogens is 1. The summed E-state index contributed by atoms with van der Waals surface area (Å²) in [4.78, 5) is 27.6. The third kappa shape index (κ3) is 1.89. The normalized spacial score (nSPS) is 30.5. The van der Waals surface area contributed by atoms with Crippen LogP contribution in [0.3, 0.4) is 0 Å². The van der Waals surface area contributed by atoms with Crippen LogP contribution in [0.4, 0.5) is 0 Å². The maximum Gasteiger partial charge on any atom is 0.268 e. The van der Waals surface area contributed by atoms with E-state index in [0.29, 0.717) is 23.3 Å². The van der Waals surface area contributed by atoms with Crippen molar-refractivity contribution < 1.29 is 14.3 Å². The van der Waals surface area contributed by atoms with Gasteiger partial charge in [-0.05, 0) is 45.6 Å². The number of aromatic amines is 1. The summed E-state index contributed by atoms with van der Waals surface area (Å²) in [7, 11) is 0. The van der Waals surface area contributed by atoms with E-state index in [2.05, 4.69) is 10.3 Å². The predicted octanol–water partition coefficient (Wildman–Crippen LogP) is 2.52. The summed E-state index contributed by atoms with van der Waals surface area (Å²) in [5.74, 6) is 0.376. The van der Waals surface area contributed by atoms with E-state index in [9.17, 15) is 9.59 Å². The molecule has 1 spiro atoms. The van der Waals surface area contributed by atoms with Crippen LogP contribution in [0.15, 0.2) is 0 Å². The maximum absolute atomic E-state index is 12.8. The monoisotopic (exact) mass is 316 g/mol. The van der Waals surface area contributed by atoms with Gasteiger partial charge in [0, 0.05) is 35.2 Å². The first-order valence-corrected chi connectivity index (χ1v) is 8.58. The fourth-order valence-electron chi connectivity index (χ4n) is 5.17. The number of ketones is 1. The van der Waals surface area contributed by atoms with Gasteiger partial charge in [-0.1, -0.05) is 6.42 Å². The number of carbonyl (C=O) groups excluding carboxylic acids is 2. The Hall–Kier alpha value is -1.62. The second-order valence-corrected chi connectivity index (χ2v) is 7.46. The number of ether oxygens (including phenoxy) is 1. The van der Waals surface area contributed by atoms with Gasteiger partial charge >= 0.3 is 0 Å². The first-order valence-electron chi connectivity index (χ1n) is 8.58. The SMILES string of the molecule is CC(=O)c1c(C)[nH]c(C(=O)N[C@@H]2[C@@H]3CCO[C@H]3C23CCC3)c1C. The van der Waals surface area contributed by atoms with Gasteiger partial charge in [-0.15, -0.1) is 0 Å². The summed E-state index contributed by atoms with van der Waals surface area (Å²) >= 11 is 0. The van der Waals surface area contributed by atoms with Gasteiger partial charge in [0.05, 0.1) is 6.10 Å². The predicted molar refractivity (Wildman–Crippen MR) is 85.7 cm³/mol. The third-order valence-corrected chi connectivity index (χ3v) is 6.34. The highest BCUT2D eigenvalue weighted by Crippen LogP contribution is 2.62. The van der Waals surface area contributed by atoms with Crippen molar-refractivity contribution >= 4 is 11.7 Å². The third-order valence-electron chi connectivity index (χ3n) is 6.34. The van der Waals surface area contributed by atoms with Gasteiger partial charge in [0.15, 0.2) is 5.78 Å². The number of fused-ring (bicyclic) bond motifs is 2. The second-order valence-electron chi connectivity index (χ2n) is 7.46. The van der Waals surface area contributed by atoms with E-state index in [-0.39, 0.29) is 23.1 Å². The van der Waals surface area contributed by atoms with Crippen LogP contribution in [0.1, 0.15) is 64.7 Å². The Morgan fingerprint density at radius 1 is 1.30 bits per heavy atom. The minimum absolute atomic E-state index is 0.00124. The molecule has 0 radical (unpaired) electrons. The fourth-order valence-corrected chi connectivity index (χ4v) is 5.17. The van der Waals surface area contributed by atoms with E-state index in [4.69, 9.17) is 4.74 Å². The summed E-state index contributed by atoms with van der Waals surface area (Å²) in [6.07, 6.45) is 4.93. The van der Waals surface area contributed by atoms with Crippen LogP contribution in [0, 0.1) is 25.2 Å². The van der Waals surface area contributed by atoms with Crippen molar-refractivity contribution in [2.45, 2.75) is 58.6 Å². The lowest BCUT2D eigenvalue weighted by atomic mass is 9.46. The van der Waals surface area contributed by atoms with Crippen LogP contribution < -0.4 is 5.32 Å². The van der Waals surface area contributed by atoms with Crippen molar-refractivity contribution in [1.29, 1.82) is 0 Å². The molecule has 5 heteroatoms. The number of rotatable bonds is 3. The lowest BCUT2D eigenvalue weighted by Crippen LogP contribution is -2.71. The molecular formula is C18H24N2O3. The quantitative estimate of drug-likeness (QED) is 0.842. The number of amides is 1. The second kappa shape index (κ2) is 4.94. The van der Waals surface area contributed by atoms with Crippen LogP contribution >= 0.6 is 0 Å². The largest absolute Gasteiger partial charge is 0.377 e. The van der Waals surface area contributed by atoms with Crippen molar-refractivity contribution in [3.63, 3.8) is 0 Å². The number of hydrogen-bond acceptors (Lipinski definition) is 3. The molecule has 1 aromatic rings. The molecule has 1 aliphatic heterocycles. The molecule has 2 aliphatic carbocycles. The Bertz CT molecular complexity index is 687. The zero-order valence-corrected chi connectivity index (χ0v) is 14.0. The first-order chi connectivity index (χ1) is 11.0. The average molecular weight is 316 g/mol. The van der Waals surface area contributed by atoms with E-state index in [0.717, 1.165) is 37.1 Å². The van der Waals surface area contributed by atoms with Gasteiger partial charge in [0.25, 0.3) is 5.91 Å². The summed E-state index contributed by atoms with van der Waals surface area (Å²) < 4.78 is 5.90. The summed E-state index contributed by atoms with van der Waals surface area (Å²) in [5.41, 5.74) is 2.88. The minimum Gasteiger partial charge on any atom is -0.377 e. The van der Waals surface area contributed by atoms with E-state index in [1.54, 1.807) is 6.92 Å². The van der Waals surface area contributed by atoms with Crippen LogP contribution in [0.25, 0.3) is 0 Å². The molecule has 2 N–H and O–H groups in total. The molecule has 3 aliphatic rings. The van der Waals surface area contributed by atoms with Gasteiger partial charge in [-0.3, -0.25) is 9.59 Å². The fraction of sp³-hybridized carbons (Fsp3) is 0.667. The molecule has 124 valence electrons. The Labute approximate surface area is 136 Å². The van der Waals surface area contributed by atoms with Gasteiger partial charge in [0.1, 0.15) is 5.69 Å². The number of aryl methyl sites for hydroxylation is 1. The molecule has 1 amide bonds. The Morgan fingerprint density at radius 2 is 2.04 bits per heavy atom. The van der Waals surface area contributed by atoms with Crippen molar-refractivity contribution in [3.05, 3.63) is 22.5 Å². The number of Topliss-reactive ketones (excluding diaryl/α,β-unsaturated/α-hetero) is 1. The molecule has 2 heterocycles. The van der Waals surface area contributed by atoms with Gasteiger partial charge in [0.2, 0.25) is 0 Å². The highest BCUT2D eigenvalue weighted by atomic mass is 16.5. The lowest BCUT2D eigenvalue weighted by Gasteiger charge is -2.63. The minimum atomic E-state index is -0.0836. The van der Waals surface area contributed by atoms with Crippen LogP contribution in [0.2, 0.25) is 0 Å². The molecule has 0 aromatic carbocycles. The van der Waals surface area contributed by atoms with Crippen LogP contribution in [-0.2, 0) is 4.74 Å². The zero-order chi connectivity index (χ0) is 16.4. The molecule has 3 atom stereocenters. The summed E-state index contributed by atoms with van der Waals surface area (Å²) in [6, 6.07) is 0.222. The van der Waals surface area contributed by atoms with E-state index in [1.165, 1.54) is 6.42 Å². The van der Waals surface area contributed by atoms with Crippen molar-refractivity contribution in [2.75, 3.05) is 6.61 Å². The topological polar surface area (TPSA) is 71.2 Å². The number of nitrogens with one attached hydrogen (secondary N) is 2. The molecule has 3 fully saturated rings. The van der Waals surface area contributed by atoms with E-state index >= 15 is 0 Å². The van der Waals surface area contributed by atoms with Gasteiger partial charge in [-0.25, -0.2) is 0 Å². The van der Waals surface area contributed by atoms with Crippen molar-refractivity contribution in [1.82, 2.24) is 10.3 Å². The van der Waals surface area contributed by atoms with Crippen molar-refractivity contribution in [2.24, 2.45) is 11.3 Å². The Kier molecular flexibility index (Phi) is 3.21. The molecule has 23 heavy (non-hydrogen) atoms. The smallest absolute Gasteiger partial charge is 0.268 e. The highest BCUT2D eigenvalue weighted by molar-refractivity contribution is 6.02. The number of hydrogen-bond donors (Lipinski definition) is 2. The molecule has 1 aromatic heterocycles. The summed E-state index contributed by atoms with van der Waals surface area (Å²) in [6.45, 7) is 6.05. The van der Waals surface area contributed by atoms with Crippen molar-refractivity contribution in [3.8, 4) is 0 Å². The van der Waals surface area contributed by atoms with E-state index in [1.807, 2.05) is 13.8 Å². The summed E-state index contributed by atoms with van der Waals surface area (Å²) in [5, 5.41) is 3.26. The molecule has 0 bridgehead atoms. The molecule has 4 rings (SSSR count).